The van der Waals surface area contributed by atoms with Crippen molar-refractivity contribution in [1.29, 1.82) is 5.26 Å². The van der Waals surface area contributed by atoms with Gasteiger partial charge in [-0.3, -0.25) is 0 Å². The molecule has 0 spiro atoms. The van der Waals surface area contributed by atoms with Crippen LogP contribution in [0.5, 0.6) is 0 Å². The van der Waals surface area contributed by atoms with E-state index in [1.807, 2.05) is 13.0 Å². The molecule has 0 N–H and O–H groups in total. The van der Waals surface area contributed by atoms with E-state index in [-0.39, 0.29) is 5.92 Å². The van der Waals surface area contributed by atoms with Crippen LogP contribution in [0.15, 0.2) is 15.0 Å². The summed E-state index contributed by atoms with van der Waals surface area (Å²) < 4.78 is 6.74. The number of aryl methyl sites for hydroxylation is 2. The number of halogens is 1. The molecule has 0 aliphatic rings. The zero-order valence-electron chi connectivity index (χ0n) is 10.4. The topological polar surface area (TPSA) is 36.9 Å². The Morgan fingerprint density at radius 1 is 1.35 bits per heavy atom. The molecule has 1 heterocycles. The van der Waals surface area contributed by atoms with Gasteiger partial charge in [-0.25, -0.2) is 0 Å². The second kappa shape index (κ2) is 4.19. The first-order valence-electron chi connectivity index (χ1n) is 5.59. The third-order valence-corrected chi connectivity index (χ3v) is 4.27. The monoisotopic (exact) mass is 291 g/mol. The maximum atomic E-state index is 9.14. The van der Waals surface area contributed by atoms with Crippen molar-refractivity contribution in [2.45, 2.75) is 33.6 Å². The van der Waals surface area contributed by atoms with Crippen molar-refractivity contribution in [1.82, 2.24) is 0 Å². The summed E-state index contributed by atoms with van der Waals surface area (Å²) in [5, 5.41) is 10.2. The standard InChI is InChI=1S/C14H14BrNO/c1-7(2)12-11(6-16)17-10-5-8(3)14(15)9(4)13(10)12/h5,7H,1-4H3. The first-order chi connectivity index (χ1) is 7.97. The summed E-state index contributed by atoms with van der Waals surface area (Å²) in [6, 6.07) is 4.14. The molecule has 2 rings (SSSR count). The minimum atomic E-state index is 0.277. The van der Waals surface area contributed by atoms with E-state index in [9.17, 15) is 0 Å². The highest BCUT2D eigenvalue weighted by Gasteiger charge is 2.20. The molecule has 0 fully saturated rings. The summed E-state index contributed by atoms with van der Waals surface area (Å²) >= 11 is 3.59. The molecule has 2 aromatic rings. The van der Waals surface area contributed by atoms with Crippen molar-refractivity contribution in [3.05, 3.63) is 33.0 Å². The lowest BCUT2D eigenvalue weighted by Crippen LogP contribution is -1.91. The number of hydrogen-bond donors (Lipinski definition) is 0. The van der Waals surface area contributed by atoms with Gasteiger partial charge in [0.2, 0.25) is 5.76 Å². The number of benzene rings is 1. The smallest absolute Gasteiger partial charge is 0.208 e. The van der Waals surface area contributed by atoms with Gasteiger partial charge in [-0.1, -0.05) is 29.8 Å². The van der Waals surface area contributed by atoms with Crippen LogP contribution in [0.3, 0.4) is 0 Å². The van der Waals surface area contributed by atoms with Crippen LogP contribution in [0.1, 0.15) is 42.2 Å². The number of nitrogens with zero attached hydrogens (tertiary/aromatic N) is 1. The van der Waals surface area contributed by atoms with E-state index in [4.69, 9.17) is 9.68 Å². The first-order valence-corrected chi connectivity index (χ1v) is 6.38. The number of hydrogen-bond acceptors (Lipinski definition) is 2. The summed E-state index contributed by atoms with van der Waals surface area (Å²) in [5.74, 6) is 0.717. The van der Waals surface area contributed by atoms with Crippen LogP contribution in [0.4, 0.5) is 0 Å². The number of fused-ring (bicyclic) bond motifs is 1. The maximum absolute atomic E-state index is 9.14. The van der Waals surface area contributed by atoms with Crippen LogP contribution in [-0.4, -0.2) is 0 Å². The number of furan rings is 1. The average Bonchev–Trinajstić information content (AvgIpc) is 2.64. The molecule has 0 amide bonds. The van der Waals surface area contributed by atoms with E-state index < -0.39 is 0 Å². The highest BCUT2D eigenvalue weighted by atomic mass is 79.9. The molecule has 3 heteroatoms. The largest absolute Gasteiger partial charge is 0.445 e. The van der Waals surface area contributed by atoms with E-state index in [2.05, 4.69) is 42.8 Å². The Hall–Kier alpha value is -1.27. The fourth-order valence-corrected chi connectivity index (χ4v) is 2.56. The predicted octanol–water partition coefficient (Wildman–Crippen LogP) is 4.81. The first kappa shape index (κ1) is 12.2. The fourth-order valence-electron chi connectivity index (χ4n) is 2.25. The lowest BCUT2D eigenvalue weighted by molar-refractivity contribution is 0.589. The number of rotatable bonds is 1. The van der Waals surface area contributed by atoms with Crippen LogP contribution in [0, 0.1) is 25.2 Å². The summed E-state index contributed by atoms with van der Waals surface area (Å²) in [5.41, 5.74) is 4.10. The minimum absolute atomic E-state index is 0.277. The number of nitriles is 1. The molecule has 0 saturated heterocycles. The molecule has 0 aliphatic heterocycles. The molecule has 0 unspecified atom stereocenters. The van der Waals surface area contributed by atoms with Crippen molar-refractivity contribution >= 4 is 26.9 Å². The van der Waals surface area contributed by atoms with Gasteiger partial charge in [-0.05, 0) is 37.0 Å². The summed E-state index contributed by atoms with van der Waals surface area (Å²) in [4.78, 5) is 0. The normalized spacial score (nSPS) is 11.1. The molecule has 2 nitrogen and oxygen atoms in total. The Kier molecular flexibility index (Phi) is 3.01. The van der Waals surface area contributed by atoms with E-state index in [1.165, 1.54) is 0 Å². The van der Waals surface area contributed by atoms with E-state index >= 15 is 0 Å². The van der Waals surface area contributed by atoms with E-state index in [0.717, 1.165) is 32.1 Å². The lowest BCUT2D eigenvalue weighted by atomic mass is 9.96. The SMILES string of the molecule is Cc1cc2oc(C#N)c(C(C)C)c2c(C)c1Br. The van der Waals surface area contributed by atoms with Gasteiger partial charge < -0.3 is 4.42 Å². The molecule has 1 aromatic carbocycles. The molecule has 0 bridgehead atoms. The predicted molar refractivity (Wildman–Crippen MR) is 72.2 cm³/mol. The van der Waals surface area contributed by atoms with Gasteiger partial charge in [0, 0.05) is 15.4 Å². The van der Waals surface area contributed by atoms with Crippen molar-refractivity contribution in [3.8, 4) is 6.07 Å². The Morgan fingerprint density at radius 2 is 2.00 bits per heavy atom. The molecular formula is C14H14BrNO. The van der Waals surface area contributed by atoms with Crippen LogP contribution < -0.4 is 0 Å². The Balaban J connectivity index is 2.97. The fraction of sp³-hybridized carbons (Fsp3) is 0.357. The third-order valence-electron chi connectivity index (χ3n) is 3.05. The lowest BCUT2D eigenvalue weighted by Gasteiger charge is -2.07. The quantitative estimate of drug-likeness (QED) is 0.756. The molecule has 0 saturated carbocycles. The molecule has 1 aromatic heterocycles. The van der Waals surface area contributed by atoms with Gasteiger partial charge >= 0.3 is 0 Å². The zero-order chi connectivity index (χ0) is 12.7. The van der Waals surface area contributed by atoms with E-state index in [0.29, 0.717) is 5.76 Å². The summed E-state index contributed by atoms with van der Waals surface area (Å²) in [6.45, 7) is 8.25. The molecule has 0 atom stereocenters. The van der Waals surface area contributed by atoms with Gasteiger partial charge in [-0.2, -0.15) is 5.26 Å². The highest BCUT2D eigenvalue weighted by Crippen LogP contribution is 2.37. The third kappa shape index (κ3) is 1.77. The van der Waals surface area contributed by atoms with Gasteiger partial charge in [0.1, 0.15) is 11.7 Å². The Bertz CT molecular complexity index is 632. The second-order valence-corrected chi connectivity index (χ2v) is 5.41. The second-order valence-electron chi connectivity index (χ2n) is 4.62. The van der Waals surface area contributed by atoms with Crippen LogP contribution >= 0.6 is 15.9 Å². The molecule has 0 radical (unpaired) electrons. The van der Waals surface area contributed by atoms with Crippen LogP contribution in [-0.2, 0) is 0 Å². The van der Waals surface area contributed by atoms with E-state index in [1.54, 1.807) is 0 Å². The summed E-state index contributed by atoms with van der Waals surface area (Å²) in [7, 11) is 0. The molecule has 88 valence electrons. The van der Waals surface area contributed by atoms with Crippen LogP contribution in [0.25, 0.3) is 11.0 Å². The minimum Gasteiger partial charge on any atom is -0.445 e. The summed E-state index contributed by atoms with van der Waals surface area (Å²) in [6.07, 6.45) is 0. The van der Waals surface area contributed by atoms with Crippen molar-refractivity contribution in [3.63, 3.8) is 0 Å². The van der Waals surface area contributed by atoms with Gasteiger partial charge in [-0.15, -0.1) is 0 Å². The zero-order valence-corrected chi connectivity index (χ0v) is 12.0. The van der Waals surface area contributed by atoms with Crippen molar-refractivity contribution in [2.24, 2.45) is 0 Å². The van der Waals surface area contributed by atoms with Gasteiger partial charge in [0.15, 0.2) is 0 Å². The van der Waals surface area contributed by atoms with Crippen molar-refractivity contribution in [2.75, 3.05) is 0 Å². The van der Waals surface area contributed by atoms with Crippen LogP contribution in [0.2, 0.25) is 0 Å². The molecular weight excluding hydrogens is 278 g/mol. The maximum Gasteiger partial charge on any atom is 0.208 e. The Labute approximate surface area is 109 Å². The van der Waals surface area contributed by atoms with Gasteiger partial charge in [0.05, 0.1) is 0 Å². The molecule has 17 heavy (non-hydrogen) atoms. The Morgan fingerprint density at radius 3 is 2.53 bits per heavy atom. The molecule has 0 aliphatic carbocycles. The van der Waals surface area contributed by atoms with Crippen molar-refractivity contribution < 1.29 is 4.42 Å². The highest BCUT2D eigenvalue weighted by molar-refractivity contribution is 9.10. The average molecular weight is 292 g/mol. The van der Waals surface area contributed by atoms with Gasteiger partial charge in [0.25, 0.3) is 0 Å².